The second-order valence-electron chi connectivity index (χ2n) is 7.38. The molecular weight excluding hydrogens is 392 g/mol. The Morgan fingerprint density at radius 3 is 2.62 bits per heavy atom. The van der Waals surface area contributed by atoms with E-state index in [1.807, 2.05) is 12.1 Å². The van der Waals surface area contributed by atoms with Crippen molar-refractivity contribution in [1.29, 1.82) is 0 Å². The van der Waals surface area contributed by atoms with E-state index in [0.29, 0.717) is 31.0 Å². The van der Waals surface area contributed by atoms with Crippen LogP contribution in [0.15, 0.2) is 23.1 Å². The molecule has 3 aliphatic heterocycles. The molecule has 0 bridgehead atoms. The number of nitrogens with zero attached hydrogens (tertiary/aromatic N) is 2. The molecule has 0 aromatic heterocycles. The highest BCUT2D eigenvalue weighted by atomic mass is 32.2. The maximum absolute atomic E-state index is 12.6. The van der Waals surface area contributed by atoms with Crippen LogP contribution in [-0.4, -0.2) is 92.7 Å². The molecule has 2 N–H and O–H groups in total. The summed E-state index contributed by atoms with van der Waals surface area (Å²) in [6.45, 7) is 7.91. The van der Waals surface area contributed by atoms with Gasteiger partial charge in [-0.05, 0) is 31.2 Å². The van der Waals surface area contributed by atoms with Gasteiger partial charge in [-0.2, -0.15) is 0 Å². The van der Waals surface area contributed by atoms with Gasteiger partial charge in [0, 0.05) is 43.2 Å². The fourth-order valence-corrected chi connectivity index (χ4v) is 4.87. The lowest BCUT2D eigenvalue weighted by Crippen LogP contribution is -2.48. The summed E-state index contributed by atoms with van der Waals surface area (Å²) in [6.07, 6.45) is 0.907. The van der Waals surface area contributed by atoms with Crippen LogP contribution >= 0.6 is 11.8 Å². The van der Waals surface area contributed by atoms with Gasteiger partial charge in [-0.1, -0.05) is 11.8 Å². The Morgan fingerprint density at radius 2 is 1.86 bits per heavy atom. The third kappa shape index (κ3) is 5.29. The van der Waals surface area contributed by atoms with Gasteiger partial charge in [0.05, 0.1) is 32.1 Å². The highest BCUT2D eigenvalue weighted by Gasteiger charge is 2.33. The summed E-state index contributed by atoms with van der Waals surface area (Å²) in [4.78, 5) is 30.5. The number of rotatable bonds is 6. The summed E-state index contributed by atoms with van der Waals surface area (Å²) in [5, 5.41) is 5.71. The molecule has 1 aromatic carbocycles. The lowest BCUT2D eigenvalue weighted by Gasteiger charge is -2.35. The van der Waals surface area contributed by atoms with Crippen molar-refractivity contribution >= 4 is 29.3 Å². The van der Waals surface area contributed by atoms with Crippen molar-refractivity contribution in [2.24, 2.45) is 0 Å². The number of carbonyl (C=O) groups excluding carboxylic acids is 2. The number of benzene rings is 1. The largest absolute Gasteiger partial charge is 0.379 e. The van der Waals surface area contributed by atoms with Gasteiger partial charge in [-0.25, -0.2) is 0 Å². The molecule has 1 aromatic rings. The van der Waals surface area contributed by atoms with Crippen LogP contribution in [0.5, 0.6) is 0 Å². The fourth-order valence-electron chi connectivity index (χ4n) is 3.72. The van der Waals surface area contributed by atoms with E-state index in [2.05, 4.69) is 20.4 Å². The zero-order valence-corrected chi connectivity index (χ0v) is 17.3. The normalized spacial score (nSPS) is 23.3. The Morgan fingerprint density at radius 1 is 1.14 bits per heavy atom. The highest BCUT2D eigenvalue weighted by Crippen LogP contribution is 2.37. The smallest absolute Gasteiger partial charge is 0.252 e. The molecule has 0 aliphatic carbocycles. The maximum Gasteiger partial charge on any atom is 0.252 e. The summed E-state index contributed by atoms with van der Waals surface area (Å²) < 4.78 is 10.7. The number of ether oxygens (including phenoxy) is 2. The monoisotopic (exact) mass is 420 g/mol. The van der Waals surface area contributed by atoms with Gasteiger partial charge in [0.25, 0.3) is 11.8 Å². The Labute approximate surface area is 175 Å². The Balaban J connectivity index is 1.29. The Hall–Kier alpha value is -1.65. The first-order valence-electron chi connectivity index (χ1n) is 10.2. The van der Waals surface area contributed by atoms with Gasteiger partial charge in [0.2, 0.25) is 0 Å². The van der Waals surface area contributed by atoms with Crippen LogP contribution in [-0.2, 0) is 14.3 Å². The van der Waals surface area contributed by atoms with Crippen LogP contribution < -0.4 is 10.6 Å². The predicted molar refractivity (Wildman–Crippen MR) is 111 cm³/mol. The topological polar surface area (TPSA) is 83.1 Å². The Kier molecular flexibility index (Phi) is 7.04. The number of anilines is 1. The van der Waals surface area contributed by atoms with Gasteiger partial charge < -0.3 is 20.1 Å². The zero-order valence-electron chi connectivity index (χ0n) is 16.5. The van der Waals surface area contributed by atoms with Crippen molar-refractivity contribution in [1.82, 2.24) is 15.1 Å². The molecule has 1 atom stereocenters. The fraction of sp³-hybridized carbons (Fsp3) is 0.600. The number of carbonyl (C=O) groups is 2. The molecule has 29 heavy (non-hydrogen) atoms. The van der Waals surface area contributed by atoms with Crippen LogP contribution in [0.25, 0.3) is 0 Å². The molecule has 2 amide bonds. The van der Waals surface area contributed by atoms with Gasteiger partial charge in [0.1, 0.15) is 5.37 Å². The lowest BCUT2D eigenvalue weighted by atomic mass is 10.1. The van der Waals surface area contributed by atoms with Crippen LogP contribution in [0.3, 0.4) is 0 Å². The minimum absolute atomic E-state index is 0.0348. The molecule has 0 saturated carbocycles. The van der Waals surface area contributed by atoms with Crippen molar-refractivity contribution in [3.63, 3.8) is 0 Å². The third-order valence-electron chi connectivity index (χ3n) is 5.38. The first kappa shape index (κ1) is 20.6. The molecule has 2 fully saturated rings. The van der Waals surface area contributed by atoms with Crippen molar-refractivity contribution in [2.75, 3.05) is 71.0 Å². The minimum Gasteiger partial charge on any atom is -0.379 e. The first-order valence-corrected chi connectivity index (χ1v) is 11.1. The van der Waals surface area contributed by atoms with Gasteiger partial charge in [0.15, 0.2) is 0 Å². The van der Waals surface area contributed by atoms with Crippen LogP contribution in [0, 0.1) is 0 Å². The van der Waals surface area contributed by atoms with Crippen molar-refractivity contribution in [3.8, 4) is 0 Å². The number of amides is 2. The standard InChI is InChI=1S/C20H28N4O4S/c25-18(21-4-1-5-23-6-10-27-11-7-23)15-2-3-17-16(14-15)22-19(26)20(29-17)24-8-12-28-13-9-24/h2-3,14,20H,1,4-13H2,(H,21,25)(H,22,26)/t20-/m1/s1. The average molecular weight is 421 g/mol. The van der Waals surface area contributed by atoms with Crippen molar-refractivity contribution in [2.45, 2.75) is 16.7 Å². The molecule has 3 heterocycles. The first-order chi connectivity index (χ1) is 14.2. The minimum atomic E-state index is -0.244. The number of thioether (sulfide) groups is 1. The van der Waals surface area contributed by atoms with E-state index in [0.717, 1.165) is 57.3 Å². The highest BCUT2D eigenvalue weighted by molar-refractivity contribution is 8.00. The molecular formula is C20H28N4O4S. The van der Waals surface area contributed by atoms with Gasteiger partial charge >= 0.3 is 0 Å². The summed E-state index contributed by atoms with van der Waals surface area (Å²) in [7, 11) is 0. The van der Waals surface area contributed by atoms with E-state index >= 15 is 0 Å². The zero-order chi connectivity index (χ0) is 20.1. The summed E-state index contributed by atoms with van der Waals surface area (Å²) in [5.41, 5.74) is 1.28. The quantitative estimate of drug-likeness (QED) is 0.660. The molecule has 158 valence electrons. The van der Waals surface area contributed by atoms with E-state index in [-0.39, 0.29) is 17.2 Å². The molecule has 8 nitrogen and oxygen atoms in total. The molecule has 2 saturated heterocycles. The van der Waals surface area contributed by atoms with Crippen LogP contribution in [0.2, 0.25) is 0 Å². The number of hydrogen-bond acceptors (Lipinski definition) is 7. The summed E-state index contributed by atoms with van der Waals surface area (Å²) in [6, 6.07) is 5.53. The lowest BCUT2D eigenvalue weighted by molar-refractivity contribution is -0.119. The average Bonchev–Trinajstić information content (AvgIpc) is 2.77. The predicted octanol–water partition coefficient (Wildman–Crippen LogP) is 0.841. The van der Waals surface area contributed by atoms with Crippen molar-refractivity contribution < 1.29 is 19.1 Å². The number of nitrogens with one attached hydrogen (secondary N) is 2. The summed E-state index contributed by atoms with van der Waals surface area (Å²) in [5.74, 6) is -0.142. The summed E-state index contributed by atoms with van der Waals surface area (Å²) >= 11 is 1.54. The second-order valence-corrected chi connectivity index (χ2v) is 8.50. The SMILES string of the molecule is O=C(NCCCN1CCOCC1)c1ccc2c(c1)NC(=O)[C@H](N1CCOCC1)S2. The number of fused-ring (bicyclic) bond motifs is 1. The van der Waals surface area contributed by atoms with Gasteiger partial charge in [-0.15, -0.1) is 0 Å². The third-order valence-corrected chi connectivity index (χ3v) is 6.73. The van der Waals surface area contributed by atoms with E-state index in [9.17, 15) is 9.59 Å². The molecule has 3 aliphatic rings. The molecule has 0 unspecified atom stereocenters. The molecule has 9 heteroatoms. The van der Waals surface area contributed by atoms with Gasteiger partial charge in [-0.3, -0.25) is 19.4 Å². The number of morpholine rings is 2. The van der Waals surface area contributed by atoms with E-state index < -0.39 is 0 Å². The van der Waals surface area contributed by atoms with Crippen LogP contribution in [0.1, 0.15) is 16.8 Å². The number of hydrogen-bond donors (Lipinski definition) is 2. The maximum atomic E-state index is 12.6. The molecule has 4 rings (SSSR count). The molecule has 0 radical (unpaired) electrons. The van der Waals surface area contributed by atoms with E-state index in [1.165, 1.54) is 0 Å². The molecule has 0 spiro atoms. The Bertz CT molecular complexity index is 735. The van der Waals surface area contributed by atoms with Crippen molar-refractivity contribution in [3.05, 3.63) is 23.8 Å². The van der Waals surface area contributed by atoms with E-state index in [1.54, 1.807) is 17.8 Å². The van der Waals surface area contributed by atoms with E-state index in [4.69, 9.17) is 9.47 Å². The van der Waals surface area contributed by atoms with Crippen LogP contribution in [0.4, 0.5) is 5.69 Å². The second kappa shape index (κ2) is 9.90.